The summed E-state index contributed by atoms with van der Waals surface area (Å²) >= 11 is 0. The fourth-order valence-electron chi connectivity index (χ4n) is 2.75. The van der Waals surface area contributed by atoms with Crippen LogP contribution in [0.1, 0.15) is 15.9 Å². The summed E-state index contributed by atoms with van der Waals surface area (Å²) in [6.07, 6.45) is 4.12. The lowest BCUT2D eigenvalue weighted by atomic mass is 10.1. The van der Waals surface area contributed by atoms with Gasteiger partial charge in [0.05, 0.1) is 13.5 Å². The third-order valence-corrected chi connectivity index (χ3v) is 4.23. The highest BCUT2D eigenvalue weighted by Gasteiger charge is 2.10. The summed E-state index contributed by atoms with van der Waals surface area (Å²) in [6.45, 7) is -0.217. The van der Waals surface area contributed by atoms with E-state index in [2.05, 4.69) is 15.4 Å². The predicted octanol–water partition coefficient (Wildman–Crippen LogP) is 2.56. The summed E-state index contributed by atoms with van der Waals surface area (Å²) in [5.74, 6) is -1.15. The summed E-state index contributed by atoms with van der Waals surface area (Å²) < 4.78 is 6.47. The molecular formula is C22H21N3O4. The van der Waals surface area contributed by atoms with Gasteiger partial charge in [-0.3, -0.25) is 14.4 Å². The molecule has 29 heavy (non-hydrogen) atoms. The Morgan fingerprint density at radius 1 is 0.966 bits per heavy atom. The highest BCUT2D eigenvalue weighted by molar-refractivity contribution is 5.98. The smallest absolute Gasteiger partial charge is 0.325 e. The van der Waals surface area contributed by atoms with Gasteiger partial charge in [-0.2, -0.15) is 0 Å². The van der Waals surface area contributed by atoms with Gasteiger partial charge in [0, 0.05) is 29.3 Å². The van der Waals surface area contributed by atoms with Gasteiger partial charge in [-0.25, -0.2) is 0 Å². The number of rotatable bonds is 7. The lowest BCUT2D eigenvalue weighted by molar-refractivity contribution is -0.139. The van der Waals surface area contributed by atoms with Gasteiger partial charge < -0.3 is 19.9 Å². The summed E-state index contributed by atoms with van der Waals surface area (Å²) in [6, 6.07) is 18.1. The maximum Gasteiger partial charge on any atom is 0.325 e. The number of nitrogens with one attached hydrogen (secondary N) is 2. The topological polar surface area (TPSA) is 89.4 Å². The second-order valence-corrected chi connectivity index (χ2v) is 6.32. The minimum Gasteiger partial charge on any atom is -0.468 e. The van der Waals surface area contributed by atoms with E-state index < -0.39 is 11.9 Å². The van der Waals surface area contributed by atoms with Crippen LogP contribution in [-0.2, 0) is 20.7 Å². The molecule has 0 fully saturated rings. The van der Waals surface area contributed by atoms with Gasteiger partial charge in [-0.15, -0.1) is 0 Å². The fraction of sp³-hybridized carbons (Fsp3) is 0.136. The van der Waals surface area contributed by atoms with Crippen LogP contribution in [-0.4, -0.2) is 36.0 Å². The summed E-state index contributed by atoms with van der Waals surface area (Å²) in [5.41, 5.74) is 2.74. The number of carbonyl (C=O) groups is 3. The Labute approximate surface area is 168 Å². The van der Waals surface area contributed by atoms with Gasteiger partial charge in [-0.05, 0) is 48.0 Å². The van der Waals surface area contributed by atoms with Crippen molar-refractivity contribution in [1.82, 2.24) is 9.88 Å². The van der Waals surface area contributed by atoms with Gasteiger partial charge in [-0.1, -0.05) is 18.2 Å². The van der Waals surface area contributed by atoms with Crippen molar-refractivity contribution in [3.05, 3.63) is 84.2 Å². The van der Waals surface area contributed by atoms with Crippen molar-refractivity contribution in [2.45, 2.75) is 6.42 Å². The molecule has 0 spiro atoms. The Kier molecular flexibility index (Phi) is 6.42. The first kappa shape index (κ1) is 19.9. The molecule has 0 atom stereocenters. The van der Waals surface area contributed by atoms with E-state index in [1.54, 1.807) is 24.3 Å². The Bertz CT molecular complexity index is 995. The van der Waals surface area contributed by atoms with E-state index in [9.17, 15) is 14.4 Å². The standard InChI is InChI=1S/C22H21N3O4/c1-29-21(27)15-23-22(28)17-5-4-6-18(14-17)24-20(26)13-16-7-9-19(10-8-16)25-11-2-3-12-25/h2-12,14H,13,15H2,1H3,(H,23,28)(H,24,26). The Morgan fingerprint density at radius 2 is 1.69 bits per heavy atom. The quantitative estimate of drug-likeness (QED) is 0.606. The fourth-order valence-corrected chi connectivity index (χ4v) is 2.75. The Hall–Kier alpha value is -3.87. The number of anilines is 1. The Morgan fingerprint density at radius 3 is 2.38 bits per heavy atom. The van der Waals surface area contributed by atoms with E-state index in [0.717, 1.165) is 11.3 Å². The molecule has 0 aliphatic heterocycles. The molecule has 1 heterocycles. The number of carbonyl (C=O) groups excluding carboxylic acids is 3. The molecule has 0 bridgehead atoms. The monoisotopic (exact) mass is 391 g/mol. The third kappa shape index (κ3) is 5.55. The minimum atomic E-state index is -0.536. The summed E-state index contributed by atoms with van der Waals surface area (Å²) in [5, 5.41) is 5.25. The number of benzene rings is 2. The average molecular weight is 391 g/mol. The molecule has 0 aliphatic rings. The first-order valence-electron chi connectivity index (χ1n) is 9.02. The number of methoxy groups -OCH3 is 1. The van der Waals surface area contributed by atoms with Crippen molar-refractivity contribution in [2.24, 2.45) is 0 Å². The first-order chi connectivity index (χ1) is 14.0. The zero-order chi connectivity index (χ0) is 20.6. The molecule has 2 aromatic carbocycles. The van der Waals surface area contributed by atoms with Crippen molar-refractivity contribution in [3.8, 4) is 5.69 Å². The molecule has 3 rings (SSSR count). The number of hydrogen-bond acceptors (Lipinski definition) is 4. The van der Waals surface area contributed by atoms with Crippen LogP contribution in [0.15, 0.2) is 73.1 Å². The molecule has 0 saturated carbocycles. The van der Waals surface area contributed by atoms with E-state index in [-0.39, 0.29) is 18.9 Å². The molecule has 0 unspecified atom stereocenters. The van der Waals surface area contributed by atoms with Crippen LogP contribution in [0.3, 0.4) is 0 Å². The lowest BCUT2D eigenvalue weighted by Gasteiger charge is -2.09. The van der Waals surface area contributed by atoms with Crippen molar-refractivity contribution in [2.75, 3.05) is 19.0 Å². The maximum absolute atomic E-state index is 12.4. The summed E-state index contributed by atoms with van der Waals surface area (Å²) in [4.78, 5) is 35.6. The molecule has 0 radical (unpaired) electrons. The number of esters is 1. The van der Waals surface area contributed by atoms with Gasteiger partial charge in [0.1, 0.15) is 6.54 Å². The first-order valence-corrected chi connectivity index (χ1v) is 9.02. The highest BCUT2D eigenvalue weighted by atomic mass is 16.5. The molecule has 148 valence electrons. The molecular weight excluding hydrogens is 370 g/mol. The van der Waals surface area contributed by atoms with Crippen molar-refractivity contribution < 1.29 is 19.1 Å². The molecule has 1 aromatic heterocycles. The van der Waals surface area contributed by atoms with Crippen LogP contribution in [0, 0.1) is 0 Å². The molecule has 0 aliphatic carbocycles. The van der Waals surface area contributed by atoms with E-state index in [4.69, 9.17) is 0 Å². The molecule has 0 saturated heterocycles. The van der Waals surface area contributed by atoms with Crippen LogP contribution >= 0.6 is 0 Å². The van der Waals surface area contributed by atoms with Gasteiger partial charge >= 0.3 is 5.97 Å². The van der Waals surface area contributed by atoms with Gasteiger partial charge in [0.2, 0.25) is 5.91 Å². The van der Waals surface area contributed by atoms with Crippen molar-refractivity contribution in [1.29, 1.82) is 0 Å². The molecule has 7 nitrogen and oxygen atoms in total. The second-order valence-electron chi connectivity index (χ2n) is 6.32. The third-order valence-electron chi connectivity index (χ3n) is 4.23. The molecule has 3 aromatic rings. The zero-order valence-corrected chi connectivity index (χ0v) is 15.9. The minimum absolute atomic E-state index is 0.189. The normalized spacial score (nSPS) is 10.2. The van der Waals surface area contributed by atoms with Gasteiger partial charge in [0.25, 0.3) is 5.91 Å². The average Bonchev–Trinajstić information content (AvgIpc) is 3.27. The number of aromatic nitrogens is 1. The number of nitrogens with zero attached hydrogens (tertiary/aromatic N) is 1. The van der Waals surface area contributed by atoms with Gasteiger partial charge in [0.15, 0.2) is 0 Å². The molecule has 2 amide bonds. The van der Waals surface area contributed by atoms with Crippen LogP contribution in [0.5, 0.6) is 0 Å². The molecule has 2 N–H and O–H groups in total. The number of ether oxygens (including phenoxy) is 1. The largest absolute Gasteiger partial charge is 0.468 e. The van der Waals surface area contributed by atoms with E-state index in [1.807, 2.05) is 53.4 Å². The SMILES string of the molecule is COC(=O)CNC(=O)c1cccc(NC(=O)Cc2ccc(-n3cccc3)cc2)c1. The lowest BCUT2D eigenvalue weighted by Crippen LogP contribution is -2.30. The zero-order valence-electron chi connectivity index (χ0n) is 15.9. The van der Waals surface area contributed by atoms with E-state index in [0.29, 0.717) is 11.3 Å². The number of hydrogen-bond donors (Lipinski definition) is 2. The van der Waals surface area contributed by atoms with Crippen LogP contribution < -0.4 is 10.6 Å². The highest BCUT2D eigenvalue weighted by Crippen LogP contribution is 2.13. The van der Waals surface area contributed by atoms with Crippen molar-refractivity contribution in [3.63, 3.8) is 0 Å². The second kappa shape index (κ2) is 9.36. The molecule has 7 heteroatoms. The predicted molar refractivity (Wildman–Crippen MR) is 109 cm³/mol. The Balaban J connectivity index is 1.58. The van der Waals surface area contributed by atoms with Crippen LogP contribution in [0.25, 0.3) is 5.69 Å². The number of amides is 2. The summed E-state index contributed by atoms with van der Waals surface area (Å²) in [7, 11) is 1.25. The van der Waals surface area contributed by atoms with Crippen LogP contribution in [0.2, 0.25) is 0 Å². The van der Waals surface area contributed by atoms with Crippen LogP contribution in [0.4, 0.5) is 5.69 Å². The maximum atomic E-state index is 12.4. The van der Waals surface area contributed by atoms with Crippen molar-refractivity contribution >= 4 is 23.5 Å². The van der Waals surface area contributed by atoms with E-state index >= 15 is 0 Å². The van der Waals surface area contributed by atoms with E-state index in [1.165, 1.54) is 7.11 Å².